The largest absolute Gasteiger partial charge is 0.457 e. The first kappa shape index (κ1) is 23.1. The first-order valence-corrected chi connectivity index (χ1v) is 10.2. The molecule has 1 heterocycles. The van der Waals surface area contributed by atoms with Crippen molar-refractivity contribution >= 4 is 40.9 Å². The molecule has 10 heteroatoms. The molecule has 0 saturated carbocycles. The molecule has 0 bridgehead atoms. The number of ether oxygens (including phenoxy) is 1. The highest BCUT2D eigenvalue weighted by molar-refractivity contribution is 7.80. The molecule has 1 saturated heterocycles. The maximum Gasteiger partial charge on any atom is 0.417 e. The molecule has 1 N–H and O–H groups in total. The molecule has 0 unspecified atom stereocenters. The van der Waals surface area contributed by atoms with E-state index < -0.39 is 40.5 Å². The topological polar surface area (TPSA) is 58.6 Å². The average Bonchev–Trinajstić information content (AvgIpc) is 2.78. The van der Waals surface area contributed by atoms with Crippen molar-refractivity contribution in [2.24, 2.45) is 0 Å². The van der Waals surface area contributed by atoms with Gasteiger partial charge in [-0.2, -0.15) is 13.2 Å². The summed E-state index contributed by atoms with van der Waals surface area (Å²) in [5, 5.41) is 2.06. The maximum atomic E-state index is 13.4. The van der Waals surface area contributed by atoms with Crippen LogP contribution in [0.4, 0.5) is 23.2 Å². The van der Waals surface area contributed by atoms with Crippen molar-refractivity contribution in [3.05, 3.63) is 95.3 Å². The van der Waals surface area contributed by atoms with Crippen LogP contribution < -0.4 is 15.0 Å². The van der Waals surface area contributed by atoms with Gasteiger partial charge in [0.1, 0.15) is 22.9 Å². The molecule has 34 heavy (non-hydrogen) atoms. The number of carbonyl (C=O) groups is 2. The van der Waals surface area contributed by atoms with Crippen LogP contribution in [0.1, 0.15) is 11.1 Å². The summed E-state index contributed by atoms with van der Waals surface area (Å²) in [6.45, 7) is 0. The number of halogens is 4. The van der Waals surface area contributed by atoms with Crippen LogP contribution in [0.25, 0.3) is 6.08 Å². The van der Waals surface area contributed by atoms with E-state index in [1.807, 2.05) is 6.07 Å². The molecule has 0 radical (unpaired) electrons. The van der Waals surface area contributed by atoms with E-state index in [0.717, 1.165) is 23.1 Å². The number of nitrogens with zero attached hydrogens (tertiary/aromatic N) is 1. The Morgan fingerprint density at radius 3 is 2.21 bits per heavy atom. The fourth-order valence-electron chi connectivity index (χ4n) is 3.24. The van der Waals surface area contributed by atoms with Gasteiger partial charge >= 0.3 is 6.18 Å². The van der Waals surface area contributed by atoms with Gasteiger partial charge in [-0.15, -0.1) is 0 Å². The third kappa shape index (κ3) is 4.81. The van der Waals surface area contributed by atoms with Crippen LogP contribution in [0.3, 0.4) is 0 Å². The fraction of sp³-hybridized carbons (Fsp3) is 0.0417. The second kappa shape index (κ2) is 9.06. The smallest absolute Gasteiger partial charge is 0.417 e. The number of nitrogens with one attached hydrogen (secondary N) is 1. The zero-order valence-corrected chi connectivity index (χ0v) is 17.9. The van der Waals surface area contributed by atoms with Crippen LogP contribution in [-0.4, -0.2) is 16.9 Å². The van der Waals surface area contributed by atoms with Crippen molar-refractivity contribution in [3.8, 4) is 11.5 Å². The summed E-state index contributed by atoms with van der Waals surface area (Å²) in [5.74, 6) is -1.94. The molecular weight excluding hydrogens is 472 g/mol. The van der Waals surface area contributed by atoms with Gasteiger partial charge in [0.25, 0.3) is 11.8 Å². The first-order chi connectivity index (χ1) is 16.1. The van der Waals surface area contributed by atoms with Crippen LogP contribution in [0.15, 0.2) is 78.4 Å². The minimum atomic E-state index is -4.90. The van der Waals surface area contributed by atoms with E-state index in [-0.39, 0.29) is 10.8 Å². The molecule has 0 aliphatic carbocycles. The number of rotatable bonds is 4. The molecule has 3 aromatic rings. The van der Waals surface area contributed by atoms with Gasteiger partial charge < -0.3 is 4.74 Å². The Balaban J connectivity index is 1.66. The van der Waals surface area contributed by atoms with Crippen molar-refractivity contribution in [1.82, 2.24) is 5.32 Å². The van der Waals surface area contributed by atoms with Gasteiger partial charge in [0.2, 0.25) is 0 Å². The molecule has 3 aromatic carbocycles. The summed E-state index contributed by atoms with van der Waals surface area (Å²) in [5.41, 5.74) is -2.18. The number of carbonyl (C=O) groups excluding carboxylic acids is 2. The monoisotopic (exact) mass is 486 g/mol. The molecule has 0 atom stereocenters. The van der Waals surface area contributed by atoms with Gasteiger partial charge in [-0.05, 0) is 72.4 Å². The predicted molar refractivity (Wildman–Crippen MR) is 121 cm³/mol. The number of alkyl halides is 3. The Bertz CT molecular complexity index is 1310. The Labute approximate surface area is 196 Å². The highest BCUT2D eigenvalue weighted by Gasteiger charge is 2.37. The van der Waals surface area contributed by atoms with Crippen molar-refractivity contribution < 1.29 is 31.9 Å². The second-order valence-corrected chi connectivity index (χ2v) is 7.48. The summed E-state index contributed by atoms with van der Waals surface area (Å²) in [4.78, 5) is 26.4. The number of hydrogen-bond donors (Lipinski definition) is 1. The Morgan fingerprint density at radius 2 is 1.56 bits per heavy atom. The standard InChI is InChI=1S/C24H14F4N2O3S/c25-15-7-6-14(20(13-15)24(26,27)28)12-19-21(31)29-23(34)30(22(19)32)16-8-10-18(11-9-16)33-17-4-2-1-3-5-17/h1-13H,(H,29,31,34)/b19-12+. The lowest BCUT2D eigenvalue weighted by molar-refractivity contribution is -0.138. The Hall–Kier alpha value is -4.05. The summed E-state index contributed by atoms with van der Waals surface area (Å²) in [7, 11) is 0. The summed E-state index contributed by atoms with van der Waals surface area (Å²) >= 11 is 5.11. The molecule has 0 spiro atoms. The minimum absolute atomic E-state index is 0.237. The van der Waals surface area contributed by atoms with Crippen LogP contribution in [-0.2, 0) is 15.8 Å². The number of hydrogen-bond acceptors (Lipinski definition) is 4. The summed E-state index contributed by atoms with van der Waals surface area (Å²) in [6, 6.07) is 17.1. The van der Waals surface area contributed by atoms with E-state index in [9.17, 15) is 27.2 Å². The van der Waals surface area contributed by atoms with E-state index in [2.05, 4.69) is 5.32 Å². The highest BCUT2D eigenvalue weighted by Crippen LogP contribution is 2.34. The van der Waals surface area contributed by atoms with Crippen LogP contribution in [0, 0.1) is 5.82 Å². The fourth-order valence-corrected chi connectivity index (χ4v) is 3.52. The molecule has 1 aliphatic rings. The first-order valence-electron chi connectivity index (χ1n) is 9.74. The molecular formula is C24H14F4N2O3S. The lowest BCUT2D eigenvalue weighted by atomic mass is 10.0. The average molecular weight is 486 g/mol. The SMILES string of the molecule is O=C1NC(=S)N(c2ccc(Oc3ccccc3)cc2)C(=O)/C1=C/c1ccc(F)cc1C(F)(F)F. The number of amides is 2. The third-order valence-corrected chi connectivity index (χ3v) is 5.08. The van der Waals surface area contributed by atoms with E-state index in [0.29, 0.717) is 17.6 Å². The van der Waals surface area contributed by atoms with Gasteiger partial charge in [0, 0.05) is 0 Å². The number of anilines is 1. The molecule has 1 aliphatic heterocycles. The number of para-hydroxylation sites is 1. The van der Waals surface area contributed by atoms with E-state index >= 15 is 0 Å². The molecule has 172 valence electrons. The van der Waals surface area contributed by atoms with E-state index in [1.54, 1.807) is 36.4 Å². The van der Waals surface area contributed by atoms with Gasteiger partial charge in [-0.25, -0.2) is 4.39 Å². The Kier molecular flexibility index (Phi) is 6.16. The van der Waals surface area contributed by atoms with E-state index in [1.165, 1.54) is 12.1 Å². The third-order valence-electron chi connectivity index (χ3n) is 4.80. The van der Waals surface area contributed by atoms with E-state index in [4.69, 9.17) is 17.0 Å². The minimum Gasteiger partial charge on any atom is -0.457 e. The predicted octanol–water partition coefficient (Wildman–Crippen LogP) is 5.47. The molecule has 2 amide bonds. The maximum absolute atomic E-state index is 13.4. The number of thiocarbonyl (C=S) groups is 1. The van der Waals surface area contributed by atoms with Gasteiger partial charge in [0.05, 0.1) is 11.3 Å². The van der Waals surface area contributed by atoms with Crippen molar-refractivity contribution in [3.63, 3.8) is 0 Å². The lowest BCUT2D eigenvalue weighted by Gasteiger charge is -2.29. The number of benzene rings is 3. The van der Waals surface area contributed by atoms with Gasteiger partial charge in [-0.3, -0.25) is 19.8 Å². The van der Waals surface area contributed by atoms with Crippen molar-refractivity contribution in [2.45, 2.75) is 6.18 Å². The normalized spacial score (nSPS) is 15.5. The quantitative estimate of drug-likeness (QED) is 0.230. The molecule has 5 nitrogen and oxygen atoms in total. The van der Waals surface area contributed by atoms with Crippen molar-refractivity contribution in [1.29, 1.82) is 0 Å². The molecule has 0 aromatic heterocycles. The van der Waals surface area contributed by atoms with Crippen LogP contribution in [0.2, 0.25) is 0 Å². The lowest BCUT2D eigenvalue weighted by Crippen LogP contribution is -2.54. The van der Waals surface area contributed by atoms with Gasteiger partial charge in [0.15, 0.2) is 5.11 Å². The zero-order chi connectivity index (χ0) is 24.5. The molecule has 4 rings (SSSR count). The zero-order valence-electron chi connectivity index (χ0n) is 17.1. The molecule has 1 fully saturated rings. The summed E-state index contributed by atoms with van der Waals surface area (Å²) in [6.07, 6.45) is -4.13. The van der Waals surface area contributed by atoms with Crippen LogP contribution >= 0.6 is 12.2 Å². The van der Waals surface area contributed by atoms with Gasteiger partial charge in [-0.1, -0.05) is 24.3 Å². The highest BCUT2D eigenvalue weighted by atomic mass is 32.1. The summed E-state index contributed by atoms with van der Waals surface area (Å²) < 4.78 is 59.2. The van der Waals surface area contributed by atoms with Crippen LogP contribution in [0.5, 0.6) is 11.5 Å². The second-order valence-electron chi connectivity index (χ2n) is 7.10. The van der Waals surface area contributed by atoms with Crippen molar-refractivity contribution in [2.75, 3.05) is 4.90 Å². The Morgan fingerprint density at radius 1 is 0.912 bits per heavy atom.